The fourth-order valence-corrected chi connectivity index (χ4v) is 3.60. The van der Waals surface area contributed by atoms with E-state index in [-0.39, 0.29) is 17.5 Å². The number of benzene rings is 1. The normalized spacial score (nSPS) is 19.6. The minimum Gasteiger partial charge on any atom is -0.444 e. The Morgan fingerprint density at radius 2 is 2.00 bits per heavy atom. The summed E-state index contributed by atoms with van der Waals surface area (Å²) in [6.07, 6.45) is 1.70. The van der Waals surface area contributed by atoms with E-state index in [1.807, 2.05) is 20.8 Å². The van der Waals surface area contributed by atoms with Gasteiger partial charge in [-0.2, -0.15) is 0 Å². The molecule has 0 radical (unpaired) electrons. The first-order chi connectivity index (χ1) is 12.7. The molecule has 0 spiro atoms. The van der Waals surface area contributed by atoms with E-state index >= 15 is 0 Å². The second-order valence-electron chi connectivity index (χ2n) is 8.08. The van der Waals surface area contributed by atoms with E-state index in [1.54, 1.807) is 15.9 Å². The van der Waals surface area contributed by atoms with E-state index in [2.05, 4.69) is 0 Å². The van der Waals surface area contributed by atoms with Gasteiger partial charge in [-0.15, -0.1) is 0 Å². The van der Waals surface area contributed by atoms with Gasteiger partial charge in [-0.3, -0.25) is 14.9 Å². The largest absolute Gasteiger partial charge is 0.444 e. The maximum atomic E-state index is 13.1. The second-order valence-corrected chi connectivity index (χ2v) is 8.08. The maximum absolute atomic E-state index is 13.1. The number of non-ortho nitro benzene ring substituents is 1. The van der Waals surface area contributed by atoms with Crippen LogP contribution in [0.15, 0.2) is 18.2 Å². The standard InChI is InChI=1S/C19H25N3O5/c1-19(2,3)27-18(24)20-9-4-5-14(12-20)17(23)21-10-8-13-6-7-15(22(25)26)11-16(13)21/h6-7,11,14H,4-5,8-10,12H2,1-3H3/t14-/m0/s1. The van der Waals surface area contributed by atoms with Crippen LogP contribution >= 0.6 is 0 Å². The van der Waals surface area contributed by atoms with Crippen molar-refractivity contribution in [3.05, 3.63) is 33.9 Å². The van der Waals surface area contributed by atoms with Gasteiger partial charge in [0.1, 0.15) is 5.60 Å². The number of likely N-dealkylation sites (tertiary alicyclic amines) is 1. The van der Waals surface area contributed by atoms with Gasteiger partial charge >= 0.3 is 6.09 Å². The molecule has 0 N–H and O–H groups in total. The van der Waals surface area contributed by atoms with Crippen LogP contribution in [0.4, 0.5) is 16.2 Å². The quantitative estimate of drug-likeness (QED) is 0.585. The molecule has 1 aromatic rings. The molecule has 2 aliphatic heterocycles. The number of fused-ring (bicyclic) bond motifs is 1. The third-order valence-electron chi connectivity index (χ3n) is 4.86. The smallest absolute Gasteiger partial charge is 0.410 e. The van der Waals surface area contributed by atoms with Crippen molar-refractivity contribution in [2.75, 3.05) is 24.5 Å². The van der Waals surface area contributed by atoms with E-state index in [1.165, 1.54) is 12.1 Å². The molecule has 2 aliphatic rings. The number of nitro groups is 1. The number of amides is 2. The van der Waals surface area contributed by atoms with Crippen LogP contribution < -0.4 is 4.90 Å². The molecule has 8 heteroatoms. The van der Waals surface area contributed by atoms with Gasteiger partial charge in [0, 0.05) is 31.8 Å². The van der Waals surface area contributed by atoms with E-state index in [9.17, 15) is 19.7 Å². The van der Waals surface area contributed by atoms with Crippen molar-refractivity contribution in [2.45, 2.75) is 45.6 Å². The molecule has 1 aromatic carbocycles. The highest BCUT2D eigenvalue weighted by Crippen LogP contribution is 2.34. The van der Waals surface area contributed by atoms with Crippen LogP contribution in [0.2, 0.25) is 0 Å². The minimum atomic E-state index is -0.582. The Labute approximate surface area is 158 Å². The number of anilines is 1. The molecule has 146 valence electrons. The van der Waals surface area contributed by atoms with Gasteiger partial charge in [-0.1, -0.05) is 6.07 Å². The first-order valence-corrected chi connectivity index (χ1v) is 9.22. The van der Waals surface area contributed by atoms with Crippen molar-refractivity contribution in [3.63, 3.8) is 0 Å². The molecule has 1 fully saturated rings. The number of nitro benzene ring substituents is 1. The highest BCUT2D eigenvalue weighted by atomic mass is 16.6. The summed E-state index contributed by atoms with van der Waals surface area (Å²) in [5.41, 5.74) is 0.950. The van der Waals surface area contributed by atoms with Crippen molar-refractivity contribution in [3.8, 4) is 0 Å². The van der Waals surface area contributed by atoms with E-state index in [0.29, 0.717) is 38.2 Å². The average Bonchev–Trinajstić information content (AvgIpc) is 3.02. The molecule has 27 heavy (non-hydrogen) atoms. The molecule has 2 amide bonds. The fraction of sp³-hybridized carbons (Fsp3) is 0.579. The Morgan fingerprint density at radius 1 is 1.26 bits per heavy atom. The average molecular weight is 375 g/mol. The molecular weight excluding hydrogens is 350 g/mol. The van der Waals surface area contributed by atoms with Crippen LogP contribution in [-0.4, -0.2) is 47.1 Å². The monoisotopic (exact) mass is 375 g/mol. The van der Waals surface area contributed by atoms with Crippen molar-refractivity contribution < 1.29 is 19.2 Å². The molecule has 1 saturated heterocycles. The lowest BCUT2D eigenvalue weighted by atomic mass is 9.96. The Bertz CT molecular complexity index is 771. The zero-order valence-corrected chi connectivity index (χ0v) is 15.9. The Morgan fingerprint density at radius 3 is 2.67 bits per heavy atom. The topological polar surface area (TPSA) is 93.0 Å². The third-order valence-corrected chi connectivity index (χ3v) is 4.86. The van der Waals surface area contributed by atoms with Gasteiger partial charge < -0.3 is 14.5 Å². The molecule has 0 aliphatic carbocycles. The molecule has 0 aromatic heterocycles. The predicted octanol–water partition coefficient (Wildman–Crippen LogP) is 3.13. The van der Waals surface area contributed by atoms with Crippen LogP contribution in [0.1, 0.15) is 39.2 Å². The molecule has 2 heterocycles. The van der Waals surface area contributed by atoms with Crippen molar-refractivity contribution >= 4 is 23.4 Å². The number of hydrogen-bond acceptors (Lipinski definition) is 5. The van der Waals surface area contributed by atoms with Gasteiger partial charge in [0.05, 0.1) is 16.5 Å². The van der Waals surface area contributed by atoms with Gasteiger partial charge in [0.25, 0.3) is 5.69 Å². The predicted molar refractivity (Wildman–Crippen MR) is 99.7 cm³/mol. The molecule has 3 rings (SSSR count). The molecule has 0 unspecified atom stereocenters. The summed E-state index contributed by atoms with van der Waals surface area (Å²) in [4.78, 5) is 39.2. The van der Waals surface area contributed by atoms with E-state index in [0.717, 1.165) is 12.0 Å². The summed E-state index contributed by atoms with van der Waals surface area (Å²) < 4.78 is 5.42. The summed E-state index contributed by atoms with van der Waals surface area (Å²) in [5.74, 6) is -0.404. The first kappa shape index (κ1) is 19.1. The third kappa shape index (κ3) is 4.20. The van der Waals surface area contributed by atoms with Crippen molar-refractivity contribution in [2.24, 2.45) is 5.92 Å². The zero-order chi connectivity index (χ0) is 19.8. The zero-order valence-electron chi connectivity index (χ0n) is 15.9. The number of carbonyl (C=O) groups excluding carboxylic acids is 2. The molecular formula is C19H25N3O5. The Balaban J connectivity index is 1.73. The highest BCUT2D eigenvalue weighted by Gasteiger charge is 2.36. The van der Waals surface area contributed by atoms with Gasteiger partial charge in [-0.05, 0) is 45.6 Å². The van der Waals surface area contributed by atoms with Gasteiger partial charge in [0.15, 0.2) is 0 Å². The van der Waals surface area contributed by atoms with Crippen LogP contribution in [0.25, 0.3) is 0 Å². The lowest BCUT2D eigenvalue weighted by molar-refractivity contribution is -0.384. The minimum absolute atomic E-state index is 0.0209. The first-order valence-electron chi connectivity index (χ1n) is 9.22. The van der Waals surface area contributed by atoms with E-state index in [4.69, 9.17) is 4.74 Å². The number of rotatable bonds is 2. The summed E-state index contributed by atoms with van der Waals surface area (Å²) in [6, 6.07) is 4.65. The summed E-state index contributed by atoms with van der Waals surface area (Å²) in [6.45, 7) is 6.83. The van der Waals surface area contributed by atoms with Crippen LogP contribution in [0, 0.1) is 16.0 Å². The van der Waals surface area contributed by atoms with Crippen molar-refractivity contribution in [1.29, 1.82) is 0 Å². The second kappa shape index (κ2) is 7.17. The van der Waals surface area contributed by atoms with Crippen LogP contribution in [0.5, 0.6) is 0 Å². The fourth-order valence-electron chi connectivity index (χ4n) is 3.60. The number of nitrogens with zero attached hydrogens (tertiary/aromatic N) is 3. The number of hydrogen-bond donors (Lipinski definition) is 0. The lowest BCUT2D eigenvalue weighted by Gasteiger charge is -2.35. The summed E-state index contributed by atoms with van der Waals surface area (Å²) in [7, 11) is 0. The Kier molecular flexibility index (Phi) is 5.08. The van der Waals surface area contributed by atoms with Crippen molar-refractivity contribution in [1.82, 2.24) is 4.90 Å². The number of ether oxygens (including phenoxy) is 1. The molecule has 1 atom stereocenters. The van der Waals surface area contributed by atoms with Gasteiger partial charge in [-0.25, -0.2) is 4.79 Å². The number of carbonyl (C=O) groups is 2. The molecule has 0 bridgehead atoms. The SMILES string of the molecule is CC(C)(C)OC(=O)N1CCC[C@H](C(=O)N2CCc3ccc([N+](=O)[O-])cc32)C1. The Hall–Kier alpha value is -2.64. The van der Waals surface area contributed by atoms with Crippen LogP contribution in [0.3, 0.4) is 0 Å². The highest BCUT2D eigenvalue weighted by molar-refractivity contribution is 5.97. The molecule has 0 saturated carbocycles. The maximum Gasteiger partial charge on any atom is 0.410 e. The van der Waals surface area contributed by atoms with Crippen LogP contribution in [-0.2, 0) is 16.0 Å². The lowest BCUT2D eigenvalue weighted by Crippen LogP contribution is -2.47. The van der Waals surface area contributed by atoms with E-state index < -0.39 is 16.6 Å². The number of piperidine rings is 1. The summed E-state index contributed by atoms with van der Waals surface area (Å²) in [5, 5.41) is 11.1. The molecule has 8 nitrogen and oxygen atoms in total. The van der Waals surface area contributed by atoms with Gasteiger partial charge in [0.2, 0.25) is 5.91 Å². The summed E-state index contributed by atoms with van der Waals surface area (Å²) >= 11 is 0.